The quantitative estimate of drug-likeness (QED) is 0.697. The molecule has 0 aliphatic carbocycles. The molecule has 0 aliphatic heterocycles. The zero-order valence-electron chi connectivity index (χ0n) is 11.0. The molecule has 0 saturated carbocycles. The molecule has 0 saturated heterocycles. The van der Waals surface area contributed by atoms with Crippen molar-refractivity contribution in [3.63, 3.8) is 0 Å². The van der Waals surface area contributed by atoms with Gasteiger partial charge in [-0.3, -0.25) is 0 Å². The van der Waals surface area contributed by atoms with Crippen LogP contribution in [0, 0.1) is 11.6 Å². The molecule has 0 unspecified atom stereocenters. The van der Waals surface area contributed by atoms with Gasteiger partial charge in [0.2, 0.25) is 0 Å². The van der Waals surface area contributed by atoms with E-state index in [4.69, 9.17) is 0 Å². The summed E-state index contributed by atoms with van der Waals surface area (Å²) in [7, 11) is 0. The maximum absolute atomic E-state index is 13.3. The highest BCUT2D eigenvalue weighted by Crippen LogP contribution is 2.38. The van der Waals surface area contributed by atoms with Crippen molar-refractivity contribution in [1.82, 2.24) is 15.4 Å². The third kappa shape index (κ3) is 2.90. The van der Waals surface area contributed by atoms with Crippen LogP contribution in [-0.2, 0) is 10.9 Å². The number of H-pyrrole nitrogens is 1. The Morgan fingerprint density at radius 3 is 2.45 bits per heavy atom. The number of ether oxygens (including phenoxy) is 1. The molecule has 0 radical (unpaired) electrons. The lowest BCUT2D eigenvalue weighted by atomic mass is 10.0. The van der Waals surface area contributed by atoms with Gasteiger partial charge in [-0.2, -0.15) is 23.5 Å². The molecule has 0 bridgehead atoms. The van der Waals surface area contributed by atoms with Gasteiger partial charge in [-0.15, -0.1) is 5.10 Å². The summed E-state index contributed by atoms with van der Waals surface area (Å²) >= 11 is 0. The Bertz CT molecular complexity index is 711. The summed E-state index contributed by atoms with van der Waals surface area (Å²) in [5.41, 5.74) is -3.43. The molecule has 0 aliphatic rings. The first-order valence-corrected chi connectivity index (χ1v) is 5.90. The Morgan fingerprint density at radius 2 is 1.86 bits per heavy atom. The summed E-state index contributed by atoms with van der Waals surface area (Å²) in [6.45, 7) is 1.44. The molecular formula is C12H8F5N3O2. The average molecular weight is 321 g/mol. The summed E-state index contributed by atoms with van der Waals surface area (Å²) < 4.78 is 69.9. The number of rotatable bonds is 3. The Labute approximate surface area is 120 Å². The summed E-state index contributed by atoms with van der Waals surface area (Å²) in [5.74, 6) is -4.22. The van der Waals surface area contributed by atoms with Crippen molar-refractivity contribution in [3.05, 3.63) is 35.0 Å². The van der Waals surface area contributed by atoms with Gasteiger partial charge in [0.1, 0.15) is 5.69 Å². The Balaban J connectivity index is 2.66. The van der Waals surface area contributed by atoms with Crippen molar-refractivity contribution in [2.45, 2.75) is 13.1 Å². The van der Waals surface area contributed by atoms with Crippen LogP contribution in [0.25, 0.3) is 11.3 Å². The maximum Gasteiger partial charge on any atom is 0.417 e. The molecule has 118 valence electrons. The van der Waals surface area contributed by atoms with E-state index in [1.165, 1.54) is 6.92 Å². The standard InChI is InChI=1S/C12H8F5N3O2/c1-2-22-11(21)10-9(18-20-19-10)5-3-7(13)8(14)4-6(5)12(15,16)17/h3-4H,2H2,1H3,(H,18,19,20). The van der Waals surface area contributed by atoms with E-state index in [1.807, 2.05) is 5.21 Å². The number of carbonyl (C=O) groups excluding carboxylic acids is 1. The third-order valence-electron chi connectivity index (χ3n) is 2.64. The van der Waals surface area contributed by atoms with Gasteiger partial charge in [0, 0.05) is 5.56 Å². The highest BCUT2D eigenvalue weighted by Gasteiger charge is 2.37. The van der Waals surface area contributed by atoms with Crippen LogP contribution in [0.3, 0.4) is 0 Å². The molecule has 0 amide bonds. The fourth-order valence-corrected chi connectivity index (χ4v) is 1.74. The van der Waals surface area contributed by atoms with Crippen LogP contribution in [0.4, 0.5) is 22.0 Å². The lowest BCUT2D eigenvalue weighted by molar-refractivity contribution is -0.137. The number of hydrogen-bond acceptors (Lipinski definition) is 4. The minimum atomic E-state index is -4.98. The van der Waals surface area contributed by atoms with E-state index in [0.717, 1.165) is 0 Å². The Hall–Kier alpha value is -2.52. The zero-order valence-corrected chi connectivity index (χ0v) is 11.0. The van der Waals surface area contributed by atoms with Crippen LogP contribution in [-0.4, -0.2) is 28.0 Å². The second-order valence-corrected chi connectivity index (χ2v) is 4.05. The predicted molar refractivity (Wildman–Crippen MR) is 62.7 cm³/mol. The molecule has 0 atom stereocenters. The minimum absolute atomic E-state index is 0.00567. The number of halogens is 5. The van der Waals surface area contributed by atoms with E-state index in [0.29, 0.717) is 6.07 Å². The number of hydrogen-bond donors (Lipinski definition) is 1. The van der Waals surface area contributed by atoms with Gasteiger partial charge >= 0.3 is 12.1 Å². The summed E-state index contributed by atoms with van der Waals surface area (Å²) in [5, 5.41) is 8.77. The monoisotopic (exact) mass is 321 g/mol. The molecule has 1 aromatic heterocycles. The molecule has 10 heteroatoms. The molecule has 0 spiro atoms. The molecule has 1 aromatic carbocycles. The summed E-state index contributed by atoms with van der Waals surface area (Å²) in [4.78, 5) is 11.6. The number of aromatic nitrogens is 3. The molecule has 2 rings (SSSR count). The number of esters is 1. The average Bonchev–Trinajstić information content (AvgIpc) is 2.89. The fraction of sp³-hybridized carbons (Fsp3) is 0.250. The first-order valence-electron chi connectivity index (χ1n) is 5.90. The number of benzene rings is 1. The normalized spacial score (nSPS) is 11.5. The molecule has 22 heavy (non-hydrogen) atoms. The van der Waals surface area contributed by atoms with Gasteiger partial charge in [0.05, 0.1) is 12.2 Å². The molecule has 5 nitrogen and oxygen atoms in total. The number of nitrogens with zero attached hydrogens (tertiary/aromatic N) is 2. The Morgan fingerprint density at radius 1 is 1.23 bits per heavy atom. The Kier molecular flexibility index (Phi) is 4.11. The van der Waals surface area contributed by atoms with Crippen LogP contribution in [0.5, 0.6) is 0 Å². The van der Waals surface area contributed by atoms with Crippen molar-refractivity contribution < 1.29 is 31.5 Å². The van der Waals surface area contributed by atoms with Gasteiger partial charge in [0.15, 0.2) is 17.3 Å². The fourth-order valence-electron chi connectivity index (χ4n) is 1.74. The van der Waals surface area contributed by atoms with Crippen molar-refractivity contribution in [1.29, 1.82) is 0 Å². The lowest BCUT2D eigenvalue weighted by Crippen LogP contribution is -2.11. The summed E-state index contributed by atoms with van der Waals surface area (Å²) in [6, 6.07) is 0.299. The van der Waals surface area contributed by atoms with Crippen molar-refractivity contribution in [2.75, 3.05) is 6.61 Å². The van der Waals surface area contributed by atoms with Crippen LogP contribution in [0.1, 0.15) is 23.0 Å². The van der Waals surface area contributed by atoms with Gasteiger partial charge in [-0.05, 0) is 19.1 Å². The van der Waals surface area contributed by atoms with E-state index in [9.17, 15) is 26.7 Å². The highest BCUT2D eigenvalue weighted by molar-refractivity contribution is 5.94. The third-order valence-corrected chi connectivity index (χ3v) is 2.64. The van der Waals surface area contributed by atoms with Gasteiger partial charge < -0.3 is 4.74 Å². The topological polar surface area (TPSA) is 67.9 Å². The number of carbonyl (C=O) groups is 1. The minimum Gasteiger partial charge on any atom is -0.461 e. The number of alkyl halides is 3. The highest BCUT2D eigenvalue weighted by atomic mass is 19.4. The van der Waals surface area contributed by atoms with Crippen LogP contribution in [0.2, 0.25) is 0 Å². The van der Waals surface area contributed by atoms with Crippen LogP contribution < -0.4 is 0 Å². The molecule has 2 aromatic rings. The van der Waals surface area contributed by atoms with E-state index in [1.54, 1.807) is 0 Å². The van der Waals surface area contributed by atoms with Crippen molar-refractivity contribution in [3.8, 4) is 11.3 Å². The smallest absolute Gasteiger partial charge is 0.417 e. The SMILES string of the molecule is CCOC(=O)c1n[nH]nc1-c1cc(F)c(F)cc1C(F)(F)F. The lowest BCUT2D eigenvalue weighted by Gasteiger charge is -2.12. The van der Waals surface area contributed by atoms with Crippen molar-refractivity contribution in [2.24, 2.45) is 0 Å². The van der Waals surface area contributed by atoms with E-state index in [2.05, 4.69) is 14.9 Å². The first-order chi connectivity index (χ1) is 10.3. The van der Waals surface area contributed by atoms with Crippen molar-refractivity contribution >= 4 is 5.97 Å². The van der Waals surface area contributed by atoms with E-state index < -0.39 is 46.3 Å². The molecule has 0 fully saturated rings. The van der Waals surface area contributed by atoms with Crippen LogP contribution in [0.15, 0.2) is 12.1 Å². The first kappa shape index (κ1) is 15.9. The van der Waals surface area contributed by atoms with Crippen LogP contribution >= 0.6 is 0 Å². The summed E-state index contributed by atoms with van der Waals surface area (Å²) in [6.07, 6.45) is -4.98. The molecule has 1 N–H and O–H groups in total. The zero-order chi connectivity index (χ0) is 16.5. The largest absolute Gasteiger partial charge is 0.461 e. The maximum atomic E-state index is 13.3. The number of nitrogens with one attached hydrogen (secondary N) is 1. The molecule has 1 heterocycles. The number of aromatic amines is 1. The predicted octanol–water partition coefficient (Wildman–Crippen LogP) is 2.95. The van der Waals surface area contributed by atoms with E-state index >= 15 is 0 Å². The second-order valence-electron chi connectivity index (χ2n) is 4.05. The van der Waals surface area contributed by atoms with E-state index in [-0.39, 0.29) is 12.7 Å². The second kappa shape index (κ2) is 5.70. The molecular weight excluding hydrogens is 313 g/mol. The van der Waals surface area contributed by atoms with Gasteiger partial charge in [-0.1, -0.05) is 0 Å². The van der Waals surface area contributed by atoms with Gasteiger partial charge in [0.25, 0.3) is 0 Å². The van der Waals surface area contributed by atoms with Gasteiger partial charge in [-0.25, -0.2) is 13.6 Å².